The Hall–Kier alpha value is -0.120. The molecule has 3 rings (SSSR count). The molecule has 0 radical (unpaired) electrons. The number of hydrogen-bond acceptors (Lipinski definition) is 3. The monoisotopic (exact) mass is 252 g/mol. The molecule has 3 unspecified atom stereocenters. The highest BCUT2D eigenvalue weighted by atomic mass is 16.5. The predicted octanol–water partition coefficient (Wildman–Crippen LogP) is 1.78. The summed E-state index contributed by atoms with van der Waals surface area (Å²) in [7, 11) is 0. The average molecular weight is 252 g/mol. The molecule has 18 heavy (non-hydrogen) atoms. The lowest BCUT2D eigenvalue weighted by Gasteiger charge is -2.24. The van der Waals surface area contributed by atoms with Crippen LogP contribution in [0.15, 0.2) is 0 Å². The summed E-state index contributed by atoms with van der Waals surface area (Å²) in [6, 6.07) is 0. The molecule has 3 fully saturated rings. The van der Waals surface area contributed by atoms with E-state index in [2.05, 4.69) is 17.6 Å². The number of piperidine rings is 1. The molecule has 3 nitrogen and oxygen atoms in total. The van der Waals surface area contributed by atoms with Gasteiger partial charge in [0.25, 0.3) is 0 Å². The summed E-state index contributed by atoms with van der Waals surface area (Å²) < 4.78 is 5.75. The zero-order valence-electron chi connectivity index (χ0n) is 11.7. The van der Waals surface area contributed by atoms with Gasteiger partial charge in [0, 0.05) is 13.2 Å². The second-order valence-electron chi connectivity index (χ2n) is 6.54. The van der Waals surface area contributed by atoms with Crippen LogP contribution in [-0.4, -0.2) is 38.9 Å². The molecule has 0 aromatic rings. The third kappa shape index (κ3) is 2.59. The standard InChI is InChI=1S/C15H28N2O/c1-2-14-12(3-8-18-14)10-17-11-13-9-15(13)4-6-16-7-5-15/h12-14,16-17H,2-11H2,1H3. The highest BCUT2D eigenvalue weighted by Crippen LogP contribution is 2.58. The minimum atomic E-state index is 0.518. The number of ether oxygens (including phenoxy) is 1. The Kier molecular flexibility index (Phi) is 3.92. The molecule has 2 N–H and O–H groups in total. The Balaban J connectivity index is 1.36. The van der Waals surface area contributed by atoms with E-state index in [1.807, 2.05) is 0 Å². The van der Waals surface area contributed by atoms with Gasteiger partial charge in [-0.05, 0) is 69.0 Å². The summed E-state index contributed by atoms with van der Waals surface area (Å²) in [6.07, 6.45) is 7.23. The van der Waals surface area contributed by atoms with E-state index < -0.39 is 0 Å². The van der Waals surface area contributed by atoms with Gasteiger partial charge in [-0.3, -0.25) is 0 Å². The second-order valence-corrected chi connectivity index (χ2v) is 6.54. The quantitative estimate of drug-likeness (QED) is 0.782. The van der Waals surface area contributed by atoms with Crippen LogP contribution in [0.5, 0.6) is 0 Å². The predicted molar refractivity (Wildman–Crippen MR) is 73.7 cm³/mol. The highest BCUT2D eigenvalue weighted by Gasteiger charge is 2.53. The van der Waals surface area contributed by atoms with Gasteiger partial charge in [-0.15, -0.1) is 0 Å². The molecule has 1 spiro atoms. The SMILES string of the molecule is CCC1OCCC1CNCC1CC12CCNCC2. The maximum absolute atomic E-state index is 5.75. The van der Waals surface area contributed by atoms with E-state index in [-0.39, 0.29) is 0 Å². The van der Waals surface area contributed by atoms with E-state index in [1.165, 1.54) is 58.3 Å². The molecular weight excluding hydrogens is 224 g/mol. The van der Waals surface area contributed by atoms with Crippen molar-refractivity contribution in [2.45, 2.75) is 45.1 Å². The van der Waals surface area contributed by atoms with Crippen molar-refractivity contribution in [3.8, 4) is 0 Å². The van der Waals surface area contributed by atoms with E-state index in [4.69, 9.17) is 4.74 Å². The van der Waals surface area contributed by atoms with Crippen LogP contribution in [-0.2, 0) is 4.74 Å². The van der Waals surface area contributed by atoms with Crippen LogP contribution in [0.1, 0.15) is 39.0 Å². The largest absolute Gasteiger partial charge is 0.378 e. The molecule has 3 aliphatic rings. The van der Waals surface area contributed by atoms with Crippen molar-refractivity contribution in [3.63, 3.8) is 0 Å². The summed E-state index contributed by atoms with van der Waals surface area (Å²) in [5.41, 5.74) is 0.731. The van der Waals surface area contributed by atoms with E-state index >= 15 is 0 Å². The van der Waals surface area contributed by atoms with Crippen molar-refractivity contribution in [3.05, 3.63) is 0 Å². The normalized spacial score (nSPS) is 38.2. The Morgan fingerprint density at radius 2 is 2.11 bits per heavy atom. The summed E-state index contributed by atoms with van der Waals surface area (Å²) >= 11 is 0. The van der Waals surface area contributed by atoms with E-state index in [0.717, 1.165) is 23.9 Å². The number of rotatable bonds is 5. The molecular formula is C15H28N2O. The lowest BCUT2D eigenvalue weighted by Crippen LogP contribution is -2.33. The van der Waals surface area contributed by atoms with Crippen LogP contribution >= 0.6 is 0 Å². The Bertz CT molecular complexity index is 276. The van der Waals surface area contributed by atoms with Gasteiger partial charge >= 0.3 is 0 Å². The van der Waals surface area contributed by atoms with Crippen molar-refractivity contribution >= 4 is 0 Å². The maximum Gasteiger partial charge on any atom is 0.0613 e. The fourth-order valence-electron chi connectivity index (χ4n) is 4.08. The topological polar surface area (TPSA) is 33.3 Å². The first-order valence-electron chi connectivity index (χ1n) is 7.87. The Morgan fingerprint density at radius 1 is 1.28 bits per heavy atom. The van der Waals surface area contributed by atoms with E-state index in [1.54, 1.807) is 0 Å². The molecule has 1 aliphatic carbocycles. The maximum atomic E-state index is 5.75. The minimum absolute atomic E-state index is 0.518. The molecule has 2 heterocycles. The van der Waals surface area contributed by atoms with Gasteiger partial charge in [-0.25, -0.2) is 0 Å². The first kappa shape index (κ1) is 12.9. The fourth-order valence-corrected chi connectivity index (χ4v) is 4.08. The van der Waals surface area contributed by atoms with E-state index in [0.29, 0.717) is 6.10 Å². The third-order valence-electron chi connectivity index (χ3n) is 5.50. The molecule has 3 heteroatoms. The second kappa shape index (κ2) is 5.48. The van der Waals surface area contributed by atoms with Gasteiger partial charge in [-0.2, -0.15) is 0 Å². The summed E-state index contributed by atoms with van der Waals surface area (Å²) in [6.45, 7) is 8.11. The number of hydrogen-bond donors (Lipinski definition) is 2. The molecule has 1 saturated carbocycles. The average Bonchev–Trinajstić information content (AvgIpc) is 2.87. The first-order valence-corrected chi connectivity index (χ1v) is 7.87. The third-order valence-corrected chi connectivity index (χ3v) is 5.50. The van der Waals surface area contributed by atoms with Gasteiger partial charge in [0.15, 0.2) is 0 Å². The van der Waals surface area contributed by atoms with Crippen LogP contribution in [0, 0.1) is 17.3 Å². The number of nitrogens with one attached hydrogen (secondary N) is 2. The lowest BCUT2D eigenvalue weighted by atomic mass is 9.92. The Labute approximate surface area is 111 Å². The van der Waals surface area contributed by atoms with Crippen molar-refractivity contribution in [2.24, 2.45) is 17.3 Å². The Morgan fingerprint density at radius 3 is 2.89 bits per heavy atom. The van der Waals surface area contributed by atoms with Crippen molar-refractivity contribution in [1.29, 1.82) is 0 Å². The molecule has 0 bridgehead atoms. The van der Waals surface area contributed by atoms with Gasteiger partial charge in [0.1, 0.15) is 0 Å². The van der Waals surface area contributed by atoms with Gasteiger partial charge in [-0.1, -0.05) is 6.92 Å². The summed E-state index contributed by atoms with van der Waals surface area (Å²) in [4.78, 5) is 0. The van der Waals surface area contributed by atoms with E-state index in [9.17, 15) is 0 Å². The molecule has 0 amide bonds. The van der Waals surface area contributed by atoms with Gasteiger partial charge in [0.05, 0.1) is 6.10 Å². The lowest BCUT2D eigenvalue weighted by molar-refractivity contribution is 0.0871. The van der Waals surface area contributed by atoms with Crippen LogP contribution in [0.4, 0.5) is 0 Å². The summed E-state index contributed by atoms with van der Waals surface area (Å²) in [5.74, 6) is 1.72. The van der Waals surface area contributed by atoms with Gasteiger partial charge in [0.2, 0.25) is 0 Å². The molecule has 0 aromatic heterocycles. The molecule has 2 saturated heterocycles. The van der Waals surface area contributed by atoms with Crippen LogP contribution < -0.4 is 10.6 Å². The smallest absolute Gasteiger partial charge is 0.0613 e. The fraction of sp³-hybridized carbons (Fsp3) is 1.00. The summed E-state index contributed by atoms with van der Waals surface area (Å²) in [5, 5.41) is 7.20. The van der Waals surface area contributed by atoms with Crippen molar-refractivity contribution in [1.82, 2.24) is 10.6 Å². The van der Waals surface area contributed by atoms with Crippen molar-refractivity contribution < 1.29 is 4.74 Å². The molecule has 2 aliphatic heterocycles. The van der Waals surface area contributed by atoms with Crippen LogP contribution in [0.2, 0.25) is 0 Å². The molecule has 104 valence electrons. The minimum Gasteiger partial charge on any atom is -0.378 e. The van der Waals surface area contributed by atoms with Crippen LogP contribution in [0.3, 0.4) is 0 Å². The zero-order valence-corrected chi connectivity index (χ0v) is 11.7. The zero-order chi connectivity index (χ0) is 12.4. The molecule has 0 aromatic carbocycles. The first-order chi connectivity index (χ1) is 8.84. The highest BCUT2D eigenvalue weighted by molar-refractivity contribution is 5.05. The van der Waals surface area contributed by atoms with Crippen molar-refractivity contribution in [2.75, 3.05) is 32.8 Å². The molecule has 3 atom stereocenters. The van der Waals surface area contributed by atoms with Crippen LogP contribution in [0.25, 0.3) is 0 Å². The van der Waals surface area contributed by atoms with Gasteiger partial charge < -0.3 is 15.4 Å².